The largest absolute Gasteiger partial charge is 0.441 e. The molecule has 14 heavy (non-hydrogen) atoms. The van der Waals surface area contributed by atoms with E-state index in [1.54, 1.807) is 0 Å². The molecule has 0 aliphatic heterocycles. The summed E-state index contributed by atoms with van der Waals surface area (Å²) < 4.78 is 5.60. The van der Waals surface area contributed by atoms with Gasteiger partial charge in [0.2, 0.25) is 0 Å². The molecule has 2 rings (SSSR count). The molecule has 0 radical (unpaired) electrons. The number of aromatic nitrogens is 1. The highest BCUT2D eigenvalue weighted by molar-refractivity contribution is 5.72. The van der Waals surface area contributed by atoms with Gasteiger partial charge in [0.15, 0.2) is 11.5 Å². The maximum absolute atomic E-state index is 5.60. The molecule has 0 atom stereocenters. The van der Waals surface area contributed by atoms with Crippen LogP contribution in [0.3, 0.4) is 0 Å². The topological polar surface area (TPSA) is 26.0 Å². The Morgan fingerprint density at radius 3 is 2.86 bits per heavy atom. The Hall–Kier alpha value is -1.31. The van der Waals surface area contributed by atoms with Crippen molar-refractivity contribution in [3.63, 3.8) is 0 Å². The first-order valence-electron chi connectivity index (χ1n) is 5.24. The first-order valence-corrected chi connectivity index (χ1v) is 5.24. The lowest BCUT2D eigenvalue weighted by molar-refractivity contribution is 0.513. The van der Waals surface area contributed by atoms with Crippen LogP contribution >= 0.6 is 0 Å². The molecule has 0 spiro atoms. The van der Waals surface area contributed by atoms with E-state index in [4.69, 9.17) is 4.42 Å². The Labute approximate surface area is 84.0 Å². The standard InChI is InChI=1S/C12H15NO/c1-2-3-4-9-12-13-10-7-5-6-8-11(10)14-12/h5-8H,2-4,9H2,1H3. The molecule has 0 saturated heterocycles. The molecule has 0 unspecified atom stereocenters. The lowest BCUT2D eigenvalue weighted by Gasteiger charge is -1.92. The molecule has 0 bridgehead atoms. The van der Waals surface area contributed by atoms with Crippen molar-refractivity contribution in [3.05, 3.63) is 30.2 Å². The summed E-state index contributed by atoms with van der Waals surface area (Å²) in [6.07, 6.45) is 4.62. The SMILES string of the molecule is CCCCCc1nc2ccccc2o1. The number of oxazole rings is 1. The van der Waals surface area contributed by atoms with Gasteiger partial charge in [-0.05, 0) is 18.6 Å². The maximum Gasteiger partial charge on any atom is 0.195 e. The smallest absolute Gasteiger partial charge is 0.195 e. The number of para-hydroxylation sites is 2. The van der Waals surface area contributed by atoms with Crippen molar-refractivity contribution in [2.75, 3.05) is 0 Å². The van der Waals surface area contributed by atoms with Crippen molar-refractivity contribution in [2.45, 2.75) is 32.6 Å². The third-order valence-corrected chi connectivity index (χ3v) is 2.33. The summed E-state index contributed by atoms with van der Waals surface area (Å²) in [4.78, 5) is 4.42. The predicted molar refractivity (Wildman–Crippen MR) is 57.2 cm³/mol. The molecule has 2 nitrogen and oxygen atoms in total. The van der Waals surface area contributed by atoms with Crippen LogP contribution in [0.5, 0.6) is 0 Å². The van der Waals surface area contributed by atoms with Crippen LogP contribution in [-0.4, -0.2) is 4.98 Å². The first-order chi connectivity index (χ1) is 6.90. The number of rotatable bonds is 4. The molecule has 1 heterocycles. The van der Waals surface area contributed by atoms with E-state index in [0.717, 1.165) is 23.4 Å². The van der Waals surface area contributed by atoms with Crippen molar-refractivity contribution in [2.24, 2.45) is 0 Å². The molecular formula is C12H15NO. The Morgan fingerprint density at radius 1 is 1.21 bits per heavy atom. The van der Waals surface area contributed by atoms with E-state index in [2.05, 4.69) is 11.9 Å². The zero-order chi connectivity index (χ0) is 9.80. The molecule has 0 aliphatic rings. The van der Waals surface area contributed by atoms with Crippen molar-refractivity contribution in [1.29, 1.82) is 0 Å². The first kappa shape index (κ1) is 9.25. The molecule has 0 amide bonds. The van der Waals surface area contributed by atoms with Gasteiger partial charge in [0.1, 0.15) is 5.52 Å². The Morgan fingerprint density at radius 2 is 2.07 bits per heavy atom. The van der Waals surface area contributed by atoms with Crippen LogP contribution in [0.4, 0.5) is 0 Å². The fourth-order valence-electron chi connectivity index (χ4n) is 1.55. The molecule has 0 saturated carbocycles. The fourth-order valence-corrected chi connectivity index (χ4v) is 1.55. The van der Waals surface area contributed by atoms with Gasteiger partial charge in [-0.3, -0.25) is 0 Å². The third kappa shape index (κ3) is 1.95. The van der Waals surface area contributed by atoms with Gasteiger partial charge in [-0.15, -0.1) is 0 Å². The van der Waals surface area contributed by atoms with Crippen LogP contribution in [0.1, 0.15) is 32.1 Å². The lowest BCUT2D eigenvalue weighted by atomic mass is 10.2. The van der Waals surface area contributed by atoms with E-state index in [9.17, 15) is 0 Å². The second-order valence-electron chi connectivity index (χ2n) is 3.53. The van der Waals surface area contributed by atoms with Gasteiger partial charge in [-0.25, -0.2) is 4.98 Å². The molecule has 0 N–H and O–H groups in total. The Balaban J connectivity index is 2.11. The van der Waals surface area contributed by atoms with E-state index in [0.29, 0.717) is 0 Å². The Bertz CT molecular complexity index is 372. The number of nitrogens with zero attached hydrogens (tertiary/aromatic N) is 1. The monoisotopic (exact) mass is 189 g/mol. The van der Waals surface area contributed by atoms with Crippen LogP contribution in [0, 0.1) is 0 Å². The minimum Gasteiger partial charge on any atom is -0.441 e. The molecule has 2 heteroatoms. The highest BCUT2D eigenvalue weighted by Gasteiger charge is 2.03. The summed E-state index contributed by atoms with van der Waals surface area (Å²) in [5.41, 5.74) is 1.87. The summed E-state index contributed by atoms with van der Waals surface area (Å²) in [6.45, 7) is 2.20. The van der Waals surface area contributed by atoms with Crippen LogP contribution in [0.25, 0.3) is 11.1 Å². The van der Waals surface area contributed by atoms with Crippen LogP contribution in [0.2, 0.25) is 0 Å². The quantitative estimate of drug-likeness (QED) is 0.687. The summed E-state index contributed by atoms with van der Waals surface area (Å²) in [5.74, 6) is 0.875. The second kappa shape index (κ2) is 4.27. The minimum absolute atomic E-state index is 0.875. The number of hydrogen-bond acceptors (Lipinski definition) is 2. The molecule has 2 aromatic rings. The number of fused-ring (bicyclic) bond motifs is 1. The number of unbranched alkanes of at least 4 members (excludes halogenated alkanes) is 2. The predicted octanol–water partition coefficient (Wildman–Crippen LogP) is 3.56. The van der Waals surface area contributed by atoms with Gasteiger partial charge in [-0.2, -0.15) is 0 Å². The van der Waals surface area contributed by atoms with Gasteiger partial charge < -0.3 is 4.42 Å². The van der Waals surface area contributed by atoms with Crippen molar-refractivity contribution < 1.29 is 4.42 Å². The van der Waals surface area contributed by atoms with Gasteiger partial charge in [-0.1, -0.05) is 31.9 Å². The summed E-state index contributed by atoms with van der Waals surface area (Å²) >= 11 is 0. The highest BCUT2D eigenvalue weighted by atomic mass is 16.3. The van der Waals surface area contributed by atoms with E-state index in [1.807, 2.05) is 24.3 Å². The number of aryl methyl sites for hydroxylation is 1. The zero-order valence-corrected chi connectivity index (χ0v) is 8.49. The van der Waals surface area contributed by atoms with Crippen LogP contribution in [0.15, 0.2) is 28.7 Å². The molecule has 0 aliphatic carbocycles. The molecule has 0 fully saturated rings. The average molecular weight is 189 g/mol. The molecule has 74 valence electrons. The van der Waals surface area contributed by atoms with Crippen LogP contribution < -0.4 is 0 Å². The van der Waals surface area contributed by atoms with Gasteiger partial charge in [0.25, 0.3) is 0 Å². The van der Waals surface area contributed by atoms with Gasteiger partial charge in [0.05, 0.1) is 0 Å². The van der Waals surface area contributed by atoms with Crippen LogP contribution in [-0.2, 0) is 6.42 Å². The summed E-state index contributed by atoms with van der Waals surface area (Å²) in [7, 11) is 0. The third-order valence-electron chi connectivity index (χ3n) is 2.33. The van der Waals surface area contributed by atoms with E-state index >= 15 is 0 Å². The van der Waals surface area contributed by atoms with Crippen molar-refractivity contribution in [3.8, 4) is 0 Å². The van der Waals surface area contributed by atoms with Crippen molar-refractivity contribution >= 4 is 11.1 Å². The highest BCUT2D eigenvalue weighted by Crippen LogP contribution is 2.16. The van der Waals surface area contributed by atoms with E-state index in [-0.39, 0.29) is 0 Å². The normalized spacial score (nSPS) is 10.9. The number of hydrogen-bond donors (Lipinski definition) is 0. The lowest BCUT2D eigenvalue weighted by Crippen LogP contribution is -1.84. The minimum atomic E-state index is 0.875. The van der Waals surface area contributed by atoms with Gasteiger partial charge in [0, 0.05) is 6.42 Å². The summed E-state index contributed by atoms with van der Waals surface area (Å²) in [6, 6.07) is 7.91. The zero-order valence-electron chi connectivity index (χ0n) is 8.49. The molecule has 1 aromatic carbocycles. The van der Waals surface area contributed by atoms with E-state index < -0.39 is 0 Å². The van der Waals surface area contributed by atoms with Crippen molar-refractivity contribution in [1.82, 2.24) is 4.98 Å². The molecular weight excluding hydrogens is 174 g/mol. The number of benzene rings is 1. The Kier molecular flexibility index (Phi) is 2.82. The maximum atomic E-state index is 5.60. The second-order valence-corrected chi connectivity index (χ2v) is 3.53. The van der Waals surface area contributed by atoms with Gasteiger partial charge >= 0.3 is 0 Å². The van der Waals surface area contributed by atoms with E-state index in [1.165, 1.54) is 19.3 Å². The average Bonchev–Trinajstić information content (AvgIpc) is 2.60. The summed E-state index contributed by atoms with van der Waals surface area (Å²) in [5, 5.41) is 0. The molecule has 1 aromatic heterocycles. The fraction of sp³-hybridized carbons (Fsp3) is 0.417.